The molecule has 0 atom stereocenters. The molecule has 1 amide bonds. The monoisotopic (exact) mass is 369 g/mol. The van der Waals surface area contributed by atoms with E-state index in [9.17, 15) is 9.18 Å². The third-order valence-electron chi connectivity index (χ3n) is 4.66. The summed E-state index contributed by atoms with van der Waals surface area (Å²) >= 11 is 0. The first-order valence-corrected chi connectivity index (χ1v) is 8.98. The van der Waals surface area contributed by atoms with Gasteiger partial charge in [0.1, 0.15) is 17.0 Å². The molecule has 1 aliphatic heterocycles. The molecule has 0 radical (unpaired) electrons. The fraction of sp³-hybridized carbons (Fsp3) is 0.368. The van der Waals surface area contributed by atoms with Crippen molar-refractivity contribution >= 4 is 28.5 Å². The van der Waals surface area contributed by atoms with Gasteiger partial charge in [0.15, 0.2) is 17.3 Å². The Balaban J connectivity index is 1.44. The van der Waals surface area contributed by atoms with Crippen molar-refractivity contribution in [3.8, 4) is 0 Å². The minimum atomic E-state index is -0.555. The van der Waals surface area contributed by atoms with E-state index in [0.717, 1.165) is 18.9 Å². The highest BCUT2D eigenvalue weighted by atomic mass is 19.1. The highest BCUT2D eigenvalue weighted by Crippen LogP contribution is 2.26. The second-order valence-corrected chi connectivity index (χ2v) is 6.81. The lowest BCUT2D eigenvalue weighted by Crippen LogP contribution is -2.47. The van der Waals surface area contributed by atoms with Gasteiger partial charge in [0.05, 0.1) is 12.4 Å². The van der Waals surface area contributed by atoms with Crippen LogP contribution in [0.25, 0.3) is 11.1 Å². The Morgan fingerprint density at radius 2 is 2.15 bits per heavy atom. The SMILES string of the molecule is CCCC1CN(c2cnc(C(=O)Nc3cc(F)c4nc(C)oc4c3)cn2)C1. The zero-order chi connectivity index (χ0) is 19.0. The summed E-state index contributed by atoms with van der Waals surface area (Å²) in [6.07, 6.45) is 5.44. The Kier molecular flexibility index (Phi) is 4.47. The summed E-state index contributed by atoms with van der Waals surface area (Å²) in [7, 11) is 0. The number of fused-ring (bicyclic) bond motifs is 1. The number of aromatic nitrogens is 3. The first-order valence-electron chi connectivity index (χ1n) is 8.98. The molecule has 1 aliphatic rings. The van der Waals surface area contributed by atoms with E-state index < -0.39 is 11.7 Å². The summed E-state index contributed by atoms with van der Waals surface area (Å²) in [6.45, 7) is 5.77. The lowest BCUT2D eigenvalue weighted by molar-refractivity contribution is 0.102. The van der Waals surface area contributed by atoms with Gasteiger partial charge in [0.25, 0.3) is 5.91 Å². The van der Waals surface area contributed by atoms with Crippen LogP contribution in [0.15, 0.2) is 28.9 Å². The molecule has 3 heterocycles. The van der Waals surface area contributed by atoms with Gasteiger partial charge in [0, 0.05) is 31.8 Å². The predicted molar refractivity (Wildman–Crippen MR) is 99.3 cm³/mol. The van der Waals surface area contributed by atoms with Gasteiger partial charge in [-0.1, -0.05) is 13.3 Å². The maximum absolute atomic E-state index is 14.1. The van der Waals surface area contributed by atoms with Gasteiger partial charge in [-0.05, 0) is 18.4 Å². The summed E-state index contributed by atoms with van der Waals surface area (Å²) in [6, 6.07) is 2.74. The number of oxazole rings is 1. The van der Waals surface area contributed by atoms with E-state index >= 15 is 0 Å². The van der Waals surface area contributed by atoms with Crippen molar-refractivity contribution in [2.24, 2.45) is 5.92 Å². The fourth-order valence-electron chi connectivity index (χ4n) is 3.32. The van der Waals surface area contributed by atoms with Crippen molar-refractivity contribution in [3.63, 3.8) is 0 Å². The van der Waals surface area contributed by atoms with E-state index in [2.05, 4.69) is 32.1 Å². The Labute approximate surface area is 155 Å². The smallest absolute Gasteiger partial charge is 0.275 e. The Morgan fingerprint density at radius 1 is 1.33 bits per heavy atom. The number of hydrogen-bond donors (Lipinski definition) is 1. The highest BCUT2D eigenvalue weighted by Gasteiger charge is 2.27. The van der Waals surface area contributed by atoms with Crippen LogP contribution in [0.4, 0.5) is 15.9 Å². The second-order valence-electron chi connectivity index (χ2n) is 6.81. The molecule has 7 nitrogen and oxygen atoms in total. The molecule has 4 rings (SSSR count). The van der Waals surface area contributed by atoms with E-state index in [4.69, 9.17) is 4.42 Å². The Hall–Kier alpha value is -3.03. The summed E-state index contributed by atoms with van der Waals surface area (Å²) in [4.78, 5) is 27.0. The van der Waals surface area contributed by atoms with Crippen LogP contribution in [0.1, 0.15) is 36.1 Å². The quantitative estimate of drug-likeness (QED) is 0.740. The molecule has 0 aliphatic carbocycles. The van der Waals surface area contributed by atoms with Gasteiger partial charge in [-0.25, -0.2) is 19.3 Å². The van der Waals surface area contributed by atoms with Crippen LogP contribution in [-0.4, -0.2) is 33.9 Å². The van der Waals surface area contributed by atoms with E-state index in [0.29, 0.717) is 11.8 Å². The third kappa shape index (κ3) is 3.47. The molecule has 8 heteroatoms. The van der Waals surface area contributed by atoms with Crippen LogP contribution in [0.3, 0.4) is 0 Å². The number of benzene rings is 1. The van der Waals surface area contributed by atoms with Crippen molar-refractivity contribution in [1.82, 2.24) is 15.0 Å². The van der Waals surface area contributed by atoms with Crippen molar-refractivity contribution in [2.45, 2.75) is 26.7 Å². The molecule has 1 N–H and O–H groups in total. The molecule has 1 fully saturated rings. The van der Waals surface area contributed by atoms with Crippen molar-refractivity contribution in [3.05, 3.63) is 41.9 Å². The lowest BCUT2D eigenvalue weighted by atomic mass is 9.95. The maximum atomic E-state index is 14.1. The first-order chi connectivity index (χ1) is 13.0. The van der Waals surface area contributed by atoms with Gasteiger partial charge in [-0.2, -0.15) is 0 Å². The number of nitrogens with zero attached hydrogens (tertiary/aromatic N) is 4. The maximum Gasteiger partial charge on any atom is 0.275 e. The molecule has 1 saturated heterocycles. The van der Waals surface area contributed by atoms with Crippen LogP contribution in [0.2, 0.25) is 0 Å². The minimum absolute atomic E-state index is 0.144. The van der Waals surface area contributed by atoms with E-state index in [-0.39, 0.29) is 22.5 Å². The number of amides is 1. The molecule has 0 spiro atoms. The van der Waals surface area contributed by atoms with Gasteiger partial charge in [0.2, 0.25) is 0 Å². The number of aryl methyl sites for hydroxylation is 1. The predicted octanol–water partition coefficient (Wildman–Crippen LogP) is 3.55. The molecule has 27 heavy (non-hydrogen) atoms. The van der Waals surface area contributed by atoms with Crippen LogP contribution < -0.4 is 10.2 Å². The van der Waals surface area contributed by atoms with Crippen LogP contribution in [-0.2, 0) is 0 Å². The molecule has 0 bridgehead atoms. The lowest BCUT2D eigenvalue weighted by Gasteiger charge is -2.40. The van der Waals surface area contributed by atoms with Crippen molar-refractivity contribution < 1.29 is 13.6 Å². The summed E-state index contributed by atoms with van der Waals surface area (Å²) in [5, 5.41) is 2.62. The fourth-order valence-corrected chi connectivity index (χ4v) is 3.32. The average molecular weight is 369 g/mol. The summed E-state index contributed by atoms with van der Waals surface area (Å²) < 4.78 is 19.4. The highest BCUT2D eigenvalue weighted by molar-refractivity contribution is 6.03. The van der Waals surface area contributed by atoms with E-state index in [1.807, 2.05) is 0 Å². The van der Waals surface area contributed by atoms with E-state index in [1.165, 1.54) is 31.2 Å². The number of nitrogens with one attached hydrogen (secondary N) is 1. The number of halogens is 1. The largest absolute Gasteiger partial charge is 0.441 e. The van der Waals surface area contributed by atoms with E-state index in [1.54, 1.807) is 13.1 Å². The van der Waals surface area contributed by atoms with Crippen molar-refractivity contribution in [2.75, 3.05) is 23.3 Å². The van der Waals surface area contributed by atoms with Crippen LogP contribution in [0.5, 0.6) is 0 Å². The average Bonchev–Trinajstić information content (AvgIpc) is 2.99. The van der Waals surface area contributed by atoms with Gasteiger partial charge >= 0.3 is 0 Å². The first kappa shape index (κ1) is 17.4. The molecular formula is C19H20FN5O2. The number of rotatable bonds is 5. The zero-order valence-electron chi connectivity index (χ0n) is 15.2. The summed E-state index contributed by atoms with van der Waals surface area (Å²) in [5.41, 5.74) is 0.866. The third-order valence-corrected chi connectivity index (χ3v) is 4.66. The summed E-state index contributed by atoms with van der Waals surface area (Å²) in [5.74, 6) is 0.825. The number of carbonyl (C=O) groups excluding carboxylic acids is 1. The number of hydrogen-bond acceptors (Lipinski definition) is 6. The molecule has 3 aromatic rings. The molecule has 0 saturated carbocycles. The Morgan fingerprint density at radius 3 is 2.85 bits per heavy atom. The standard InChI is InChI=1S/C19H20FN5O2/c1-3-4-12-9-25(10-12)17-8-21-15(7-22-17)19(26)24-13-5-14(20)18-16(6-13)27-11(2)23-18/h5-8,12H,3-4,9-10H2,1-2H3,(H,24,26). The van der Waals surface area contributed by atoms with Crippen LogP contribution in [0, 0.1) is 18.7 Å². The Bertz CT molecular complexity index is 980. The minimum Gasteiger partial charge on any atom is -0.441 e. The number of anilines is 2. The van der Waals surface area contributed by atoms with Gasteiger partial charge in [-0.15, -0.1) is 0 Å². The topological polar surface area (TPSA) is 84.2 Å². The van der Waals surface area contributed by atoms with Crippen molar-refractivity contribution in [1.29, 1.82) is 0 Å². The van der Waals surface area contributed by atoms with Crippen LogP contribution >= 0.6 is 0 Å². The normalized spacial score (nSPS) is 14.4. The zero-order valence-corrected chi connectivity index (χ0v) is 15.2. The molecule has 0 unspecified atom stereocenters. The second kappa shape index (κ2) is 6.94. The molecule has 140 valence electrons. The number of carbonyl (C=O) groups is 1. The molecular weight excluding hydrogens is 349 g/mol. The van der Waals surface area contributed by atoms with Gasteiger partial charge in [-0.3, -0.25) is 4.79 Å². The van der Waals surface area contributed by atoms with Gasteiger partial charge < -0.3 is 14.6 Å². The molecule has 2 aromatic heterocycles. The molecule has 1 aromatic carbocycles.